The first-order valence-electron chi connectivity index (χ1n) is 6.62. The molecule has 0 heterocycles. The topological polar surface area (TPSA) is 61.5 Å². The Hall–Kier alpha value is -2.33. The summed E-state index contributed by atoms with van der Waals surface area (Å²) in [5.74, 6) is 0.655. The second-order valence-electron chi connectivity index (χ2n) is 4.94. The molecule has 2 aromatic carbocycles. The molecule has 0 aliphatic rings. The van der Waals surface area contributed by atoms with Crippen molar-refractivity contribution in [1.82, 2.24) is 0 Å². The van der Waals surface area contributed by atoms with Gasteiger partial charge in [0.15, 0.2) is 5.78 Å². The lowest BCUT2D eigenvalue weighted by molar-refractivity contribution is 0.0893. The molecule has 1 unspecified atom stereocenters. The fourth-order valence-corrected chi connectivity index (χ4v) is 2.25. The summed E-state index contributed by atoms with van der Waals surface area (Å²) in [5.41, 5.74) is 6.23. The monoisotopic (exact) mass is 285 g/mol. The number of hydrogen-bond donors (Lipinski definition) is 1. The Labute approximate surface area is 124 Å². The summed E-state index contributed by atoms with van der Waals surface area (Å²) in [6.07, 6.45) is 0. The highest BCUT2D eigenvalue weighted by Gasteiger charge is 2.35. The van der Waals surface area contributed by atoms with E-state index in [1.54, 1.807) is 25.1 Å². The second-order valence-corrected chi connectivity index (χ2v) is 4.94. The van der Waals surface area contributed by atoms with E-state index in [0.29, 0.717) is 17.1 Å². The first-order chi connectivity index (χ1) is 10.0. The van der Waals surface area contributed by atoms with Crippen molar-refractivity contribution in [1.29, 1.82) is 0 Å². The van der Waals surface area contributed by atoms with Gasteiger partial charge in [-0.15, -0.1) is 0 Å². The van der Waals surface area contributed by atoms with Crippen molar-refractivity contribution in [3.8, 4) is 11.5 Å². The molecule has 0 radical (unpaired) electrons. The van der Waals surface area contributed by atoms with Gasteiger partial charge in [0.05, 0.1) is 14.2 Å². The minimum Gasteiger partial charge on any atom is -0.496 e. The van der Waals surface area contributed by atoms with Crippen LogP contribution >= 0.6 is 0 Å². The highest BCUT2D eigenvalue weighted by molar-refractivity contribution is 6.07. The molecule has 0 bridgehead atoms. The summed E-state index contributed by atoms with van der Waals surface area (Å²) in [5, 5.41) is 0. The molecule has 21 heavy (non-hydrogen) atoms. The molecular formula is C17H19NO3. The third kappa shape index (κ3) is 2.76. The van der Waals surface area contributed by atoms with Crippen molar-refractivity contribution in [3.63, 3.8) is 0 Å². The van der Waals surface area contributed by atoms with Gasteiger partial charge in [-0.1, -0.05) is 36.4 Å². The molecule has 0 fully saturated rings. The molecule has 2 rings (SSSR count). The highest BCUT2D eigenvalue weighted by Crippen LogP contribution is 2.34. The Morgan fingerprint density at radius 1 is 0.952 bits per heavy atom. The van der Waals surface area contributed by atoms with Crippen molar-refractivity contribution in [2.24, 2.45) is 5.73 Å². The normalized spacial score (nSPS) is 13.3. The molecule has 110 valence electrons. The Morgan fingerprint density at radius 2 is 1.48 bits per heavy atom. The Morgan fingerprint density at radius 3 is 1.95 bits per heavy atom. The predicted molar refractivity (Wildman–Crippen MR) is 81.9 cm³/mol. The molecule has 4 nitrogen and oxygen atoms in total. The Kier molecular flexibility index (Phi) is 4.29. The zero-order valence-electron chi connectivity index (χ0n) is 12.4. The third-order valence-electron chi connectivity index (χ3n) is 3.50. The number of carbonyl (C=O) groups is 1. The Bertz CT molecular complexity index is 613. The van der Waals surface area contributed by atoms with Crippen LogP contribution in [0.15, 0.2) is 48.5 Å². The summed E-state index contributed by atoms with van der Waals surface area (Å²) in [6.45, 7) is 1.69. The molecule has 0 spiro atoms. The minimum absolute atomic E-state index is 0.247. The molecule has 2 N–H and O–H groups in total. The van der Waals surface area contributed by atoms with E-state index in [2.05, 4.69) is 0 Å². The van der Waals surface area contributed by atoms with Crippen molar-refractivity contribution in [3.05, 3.63) is 59.7 Å². The predicted octanol–water partition coefficient (Wildman–Crippen LogP) is 2.76. The smallest absolute Gasteiger partial charge is 0.194 e. The SMILES string of the molecule is COc1cccc(OC)c1C(=O)C(C)(N)c1ccccc1. The number of ketones is 1. The van der Waals surface area contributed by atoms with Gasteiger partial charge in [-0.3, -0.25) is 4.79 Å². The fourth-order valence-electron chi connectivity index (χ4n) is 2.25. The minimum atomic E-state index is -1.16. The largest absolute Gasteiger partial charge is 0.496 e. The first kappa shape index (κ1) is 15.1. The number of Topliss-reactive ketones (excluding diaryl/α,β-unsaturated/α-hetero) is 1. The Balaban J connectivity index is 2.54. The van der Waals surface area contributed by atoms with Crippen LogP contribution in [-0.4, -0.2) is 20.0 Å². The maximum absolute atomic E-state index is 12.9. The van der Waals surface area contributed by atoms with Crippen LogP contribution in [-0.2, 0) is 5.54 Å². The van der Waals surface area contributed by atoms with Gasteiger partial charge in [0.1, 0.15) is 22.6 Å². The van der Waals surface area contributed by atoms with Crippen LogP contribution in [0.2, 0.25) is 0 Å². The summed E-state index contributed by atoms with van der Waals surface area (Å²) >= 11 is 0. The van der Waals surface area contributed by atoms with Crippen LogP contribution in [0.25, 0.3) is 0 Å². The van der Waals surface area contributed by atoms with E-state index in [1.807, 2.05) is 30.3 Å². The van der Waals surface area contributed by atoms with E-state index in [4.69, 9.17) is 15.2 Å². The fraction of sp³-hybridized carbons (Fsp3) is 0.235. The van der Waals surface area contributed by atoms with Crippen LogP contribution in [0.4, 0.5) is 0 Å². The lowest BCUT2D eigenvalue weighted by Gasteiger charge is -2.25. The number of methoxy groups -OCH3 is 2. The molecule has 0 saturated carbocycles. The van der Waals surface area contributed by atoms with E-state index in [-0.39, 0.29) is 5.78 Å². The van der Waals surface area contributed by atoms with Gasteiger partial charge >= 0.3 is 0 Å². The molecule has 2 aromatic rings. The van der Waals surface area contributed by atoms with Crippen LogP contribution < -0.4 is 15.2 Å². The zero-order valence-corrected chi connectivity index (χ0v) is 12.4. The standard InChI is InChI=1S/C17H19NO3/c1-17(18,12-8-5-4-6-9-12)16(19)15-13(20-2)10-7-11-14(15)21-3/h4-11H,18H2,1-3H3. The molecule has 0 amide bonds. The van der Waals surface area contributed by atoms with Gasteiger partial charge in [-0.05, 0) is 24.6 Å². The maximum Gasteiger partial charge on any atom is 0.194 e. The number of rotatable bonds is 5. The lowest BCUT2D eigenvalue weighted by atomic mass is 9.84. The molecular weight excluding hydrogens is 266 g/mol. The van der Waals surface area contributed by atoms with Gasteiger partial charge in [0.25, 0.3) is 0 Å². The van der Waals surface area contributed by atoms with Gasteiger partial charge in [0.2, 0.25) is 0 Å². The molecule has 0 aromatic heterocycles. The van der Waals surface area contributed by atoms with Gasteiger partial charge in [0, 0.05) is 0 Å². The average Bonchev–Trinajstić information content (AvgIpc) is 2.54. The van der Waals surface area contributed by atoms with Crippen molar-refractivity contribution in [2.45, 2.75) is 12.5 Å². The number of nitrogens with two attached hydrogens (primary N) is 1. The van der Waals surface area contributed by atoms with E-state index in [1.165, 1.54) is 14.2 Å². The van der Waals surface area contributed by atoms with Gasteiger partial charge in [-0.2, -0.15) is 0 Å². The zero-order chi connectivity index (χ0) is 15.5. The number of carbonyl (C=O) groups excluding carboxylic acids is 1. The molecule has 0 aliphatic heterocycles. The van der Waals surface area contributed by atoms with E-state index in [9.17, 15) is 4.79 Å². The highest BCUT2D eigenvalue weighted by atomic mass is 16.5. The second kappa shape index (κ2) is 5.97. The van der Waals surface area contributed by atoms with Crippen LogP contribution in [0.3, 0.4) is 0 Å². The van der Waals surface area contributed by atoms with Crippen molar-refractivity contribution < 1.29 is 14.3 Å². The van der Waals surface area contributed by atoms with Crippen LogP contribution in [0.5, 0.6) is 11.5 Å². The van der Waals surface area contributed by atoms with Gasteiger partial charge in [-0.25, -0.2) is 0 Å². The van der Waals surface area contributed by atoms with E-state index < -0.39 is 5.54 Å². The van der Waals surface area contributed by atoms with Crippen LogP contribution in [0, 0.1) is 0 Å². The summed E-state index contributed by atoms with van der Waals surface area (Å²) in [7, 11) is 3.03. The molecule has 0 saturated heterocycles. The number of hydrogen-bond acceptors (Lipinski definition) is 4. The lowest BCUT2D eigenvalue weighted by Crippen LogP contribution is -2.42. The maximum atomic E-state index is 12.9. The molecule has 4 heteroatoms. The number of ether oxygens (including phenoxy) is 2. The summed E-state index contributed by atoms with van der Waals surface area (Å²) in [4.78, 5) is 12.9. The van der Waals surface area contributed by atoms with Crippen molar-refractivity contribution >= 4 is 5.78 Å². The third-order valence-corrected chi connectivity index (χ3v) is 3.50. The number of benzene rings is 2. The quantitative estimate of drug-likeness (QED) is 0.858. The van der Waals surface area contributed by atoms with E-state index >= 15 is 0 Å². The summed E-state index contributed by atoms with van der Waals surface area (Å²) < 4.78 is 10.6. The first-order valence-corrected chi connectivity index (χ1v) is 6.62. The van der Waals surface area contributed by atoms with Crippen LogP contribution in [0.1, 0.15) is 22.8 Å². The summed E-state index contributed by atoms with van der Waals surface area (Å²) in [6, 6.07) is 14.5. The van der Waals surface area contributed by atoms with E-state index in [0.717, 1.165) is 5.56 Å². The molecule has 0 aliphatic carbocycles. The van der Waals surface area contributed by atoms with Gasteiger partial charge < -0.3 is 15.2 Å². The van der Waals surface area contributed by atoms with Crippen molar-refractivity contribution in [2.75, 3.05) is 14.2 Å². The average molecular weight is 285 g/mol. The molecule has 1 atom stereocenters.